The van der Waals surface area contributed by atoms with Gasteiger partial charge in [-0.2, -0.15) is 0 Å². The van der Waals surface area contributed by atoms with Crippen LogP contribution in [0.2, 0.25) is 0 Å². The Morgan fingerprint density at radius 1 is 1.21 bits per heavy atom. The summed E-state index contributed by atoms with van der Waals surface area (Å²) >= 11 is 1.45. The Bertz CT molecular complexity index is 673. The van der Waals surface area contributed by atoms with Crippen molar-refractivity contribution in [3.63, 3.8) is 0 Å². The van der Waals surface area contributed by atoms with Crippen molar-refractivity contribution in [1.82, 2.24) is 4.90 Å². The first-order valence-electron chi connectivity index (χ1n) is 9.59. The van der Waals surface area contributed by atoms with Crippen LogP contribution in [0, 0.1) is 0 Å². The van der Waals surface area contributed by atoms with Crippen molar-refractivity contribution >= 4 is 16.9 Å². The summed E-state index contributed by atoms with van der Waals surface area (Å²) in [7, 11) is 3.77. The molecular weight excluding hydrogens is 383 g/mol. The number of fused-ring (bicyclic) bond motifs is 1. The lowest BCUT2D eigenvalue weighted by Crippen LogP contribution is -2.58. The van der Waals surface area contributed by atoms with Crippen LogP contribution >= 0.6 is 11.8 Å². The lowest BCUT2D eigenvalue weighted by molar-refractivity contribution is -0.193. The number of hydrogen-bond donors (Lipinski definition) is 2. The van der Waals surface area contributed by atoms with Gasteiger partial charge in [0, 0.05) is 14.1 Å². The number of alkyl halides is 1. The molecule has 1 aromatic carbocycles. The van der Waals surface area contributed by atoms with Gasteiger partial charge in [0.25, 0.3) is 0 Å². The van der Waals surface area contributed by atoms with Crippen LogP contribution in [0.15, 0.2) is 29.3 Å². The molecular formula is C20H29FN2O4S. The Kier molecular flexibility index (Phi) is 7.33. The van der Waals surface area contributed by atoms with Crippen LogP contribution in [0.3, 0.4) is 0 Å². The van der Waals surface area contributed by atoms with Gasteiger partial charge in [-0.3, -0.25) is 9.38 Å². The largest absolute Gasteiger partial charge is 0.388 e. The molecule has 3 rings (SSSR count). The smallest absolute Gasteiger partial charge is 0.161 e. The number of hydrogen-bond acceptors (Lipinski definition) is 7. The van der Waals surface area contributed by atoms with Crippen LogP contribution in [0.25, 0.3) is 0 Å². The summed E-state index contributed by atoms with van der Waals surface area (Å²) in [5.41, 5.74) is 1.76. The zero-order chi connectivity index (χ0) is 20.3. The van der Waals surface area contributed by atoms with Crippen LogP contribution in [0.1, 0.15) is 24.5 Å². The van der Waals surface area contributed by atoms with Crippen molar-refractivity contribution in [3.05, 3.63) is 35.4 Å². The minimum absolute atomic E-state index is 0.306. The molecule has 156 valence electrons. The van der Waals surface area contributed by atoms with Gasteiger partial charge in [-0.1, -0.05) is 36.0 Å². The molecule has 1 saturated heterocycles. The van der Waals surface area contributed by atoms with Crippen LogP contribution in [-0.2, 0) is 22.5 Å². The molecule has 6 atom stereocenters. The highest BCUT2D eigenvalue weighted by Crippen LogP contribution is 2.38. The number of rotatable bonds is 7. The molecule has 0 amide bonds. The van der Waals surface area contributed by atoms with Gasteiger partial charge in [0.05, 0.1) is 19.4 Å². The summed E-state index contributed by atoms with van der Waals surface area (Å²) < 4.78 is 24.2. The molecule has 0 aliphatic carbocycles. The maximum Gasteiger partial charge on any atom is 0.161 e. The fourth-order valence-electron chi connectivity index (χ4n) is 3.37. The predicted molar refractivity (Wildman–Crippen MR) is 108 cm³/mol. The number of aliphatic hydroxyl groups excluding tert-OH is 2. The lowest BCUT2D eigenvalue weighted by Gasteiger charge is -2.40. The first-order chi connectivity index (χ1) is 13.4. The van der Waals surface area contributed by atoms with Gasteiger partial charge in [-0.05, 0) is 30.9 Å². The summed E-state index contributed by atoms with van der Waals surface area (Å²) in [6.45, 7) is 1.90. The summed E-state index contributed by atoms with van der Waals surface area (Å²) in [6.07, 6.45) is -1.83. The van der Waals surface area contributed by atoms with Crippen LogP contribution in [-0.4, -0.2) is 76.9 Å². The first kappa shape index (κ1) is 21.5. The monoisotopic (exact) mass is 412 g/mol. The van der Waals surface area contributed by atoms with Gasteiger partial charge < -0.3 is 24.6 Å². The number of benzene rings is 1. The number of amidine groups is 1. The summed E-state index contributed by atoms with van der Waals surface area (Å²) in [5.74, 6) is 0. The summed E-state index contributed by atoms with van der Waals surface area (Å²) in [4.78, 5) is 6.34. The quantitative estimate of drug-likeness (QED) is 0.713. The Hall–Kier alpha value is -1.19. The number of ether oxygens (including phenoxy) is 2. The molecule has 0 aromatic heterocycles. The second-order valence-corrected chi connectivity index (χ2v) is 8.56. The molecule has 1 aromatic rings. The average molecular weight is 413 g/mol. The van der Waals surface area contributed by atoms with E-state index in [4.69, 9.17) is 9.47 Å². The predicted octanol–water partition coefficient (Wildman–Crippen LogP) is 1.97. The molecule has 0 radical (unpaired) electrons. The van der Waals surface area contributed by atoms with E-state index in [1.165, 1.54) is 11.8 Å². The highest BCUT2D eigenvalue weighted by atomic mass is 32.2. The molecule has 2 aliphatic heterocycles. The number of nitrogens with zero attached hydrogens (tertiary/aromatic N) is 2. The van der Waals surface area contributed by atoms with Crippen LogP contribution in [0.4, 0.5) is 4.39 Å². The topological polar surface area (TPSA) is 74.5 Å². The van der Waals surface area contributed by atoms with Gasteiger partial charge in [0.1, 0.15) is 29.8 Å². The van der Waals surface area contributed by atoms with Gasteiger partial charge in [-0.15, -0.1) is 0 Å². The summed E-state index contributed by atoms with van der Waals surface area (Å²) in [5, 5.41) is 21.8. The second kappa shape index (κ2) is 9.54. The molecule has 1 fully saturated rings. The molecule has 6 nitrogen and oxygen atoms in total. The Labute approximate surface area is 169 Å². The van der Waals surface area contributed by atoms with E-state index < -0.39 is 30.5 Å². The molecule has 0 bridgehead atoms. The molecule has 2 N–H and O–H groups in total. The Balaban J connectivity index is 1.55. The average Bonchev–Trinajstić information content (AvgIpc) is 3.13. The molecule has 2 heterocycles. The van der Waals surface area contributed by atoms with E-state index in [9.17, 15) is 14.6 Å². The maximum atomic E-state index is 12.3. The number of aliphatic imine (C=N–C) groups is 1. The molecule has 8 heteroatoms. The molecule has 28 heavy (non-hydrogen) atoms. The van der Waals surface area contributed by atoms with Gasteiger partial charge in [-0.25, -0.2) is 0 Å². The van der Waals surface area contributed by atoms with Crippen molar-refractivity contribution < 1.29 is 24.1 Å². The fraction of sp³-hybridized carbons (Fsp3) is 0.650. The minimum Gasteiger partial charge on any atom is -0.388 e. The second-order valence-electron chi connectivity index (χ2n) is 7.49. The van der Waals surface area contributed by atoms with Crippen molar-refractivity contribution in [2.75, 3.05) is 20.8 Å². The zero-order valence-electron chi connectivity index (χ0n) is 16.5. The maximum absolute atomic E-state index is 12.3. The third-order valence-electron chi connectivity index (χ3n) is 5.07. The van der Waals surface area contributed by atoms with Crippen molar-refractivity contribution in [2.45, 2.75) is 62.3 Å². The van der Waals surface area contributed by atoms with Crippen molar-refractivity contribution in [3.8, 4) is 0 Å². The van der Waals surface area contributed by atoms with Gasteiger partial charge >= 0.3 is 0 Å². The van der Waals surface area contributed by atoms with Gasteiger partial charge in [0.15, 0.2) is 5.17 Å². The Morgan fingerprint density at radius 3 is 2.54 bits per heavy atom. The van der Waals surface area contributed by atoms with E-state index in [1.807, 2.05) is 50.2 Å². The fourth-order valence-corrected chi connectivity index (χ4v) is 4.52. The van der Waals surface area contributed by atoms with E-state index in [1.54, 1.807) is 0 Å². The van der Waals surface area contributed by atoms with Crippen LogP contribution < -0.4 is 0 Å². The molecule has 0 spiro atoms. The highest BCUT2D eigenvalue weighted by molar-refractivity contribution is 8.14. The van der Waals surface area contributed by atoms with Crippen LogP contribution in [0.5, 0.6) is 0 Å². The van der Waals surface area contributed by atoms with E-state index in [2.05, 4.69) is 4.99 Å². The normalized spacial score (nSPS) is 30.6. The van der Waals surface area contributed by atoms with E-state index >= 15 is 0 Å². The van der Waals surface area contributed by atoms with E-state index in [0.29, 0.717) is 13.0 Å². The number of aliphatic hydroxyl groups is 2. The van der Waals surface area contributed by atoms with Crippen molar-refractivity contribution in [1.29, 1.82) is 0 Å². The Morgan fingerprint density at radius 2 is 1.89 bits per heavy atom. The van der Waals surface area contributed by atoms with E-state index in [0.717, 1.165) is 22.7 Å². The molecule has 0 saturated carbocycles. The zero-order valence-corrected chi connectivity index (χ0v) is 17.3. The number of aryl methyl sites for hydroxylation is 1. The molecule has 2 aliphatic rings. The minimum atomic E-state index is -1.06. The lowest BCUT2D eigenvalue weighted by atomic mass is 9.95. The number of thioether (sulfide) groups is 1. The van der Waals surface area contributed by atoms with E-state index in [-0.39, 0.29) is 12.1 Å². The van der Waals surface area contributed by atoms with Crippen molar-refractivity contribution in [2.24, 2.45) is 4.99 Å². The SMILES string of the molecule is C[C@H](OCc1ccc(CCCF)cc1)[C@H]1O[C@@H]2SC(N(C)C)=N[C@@H]2[C@@H](O)[C@@H]1O. The number of halogens is 1. The third kappa shape index (κ3) is 4.86. The summed E-state index contributed by atoms with van der Waals surface area (Å²) in [6, 6.07) is 7.42. The molecule has 0 unspecified atom stereocenters. The first-order valence-corrected chi connectivity index (χ1v) is 10.5. The third-order valence-corrected chi connectivity index (χ3v) is 6.37. The van der Waals surface area contributed by atoms with Gasteiger partial charge in [0.2, 0.25) is 0 Å². The highest BCUT2D eigenvalue weighted by Gasteiger charge is 2.50. The standard InChI is InChI=1S/C20H29FN2O4S/c1-12(26-11-14-8-6-13(7-9-14)5-4-10-21)18-17(25)16(24)15-19(27-18)28-20(22-15)23(2)3/h6-9,12,15-19,24-25H,4-5,10-11H2,1-3H3/t12-,15+,16+,17-,18+,19+/m0/s1.